The van der Waals surface area contributed by atoms with Crippen LogP contribution < -0.4 is 24.5 Å². The van der Waals surface area contributed by atoms with Gasteiger partial charge in [-0.1, -0.05) is 36.5 Å². The van der Waals surface area contributed by atoms with Crippen molar-refractivity contribution in [1.29, 1.82) is 0 Å². The van der Waals surface area contributed by atoms with E-state index in [1.807, 2.05) is 18.2 Å². The Kier molecular flexibility index (Phi) is 8.07. The largest absolute Gasteiger partial charge is 0.496 e. The number of carbonyl (C=O) groups is 1. The Hall–Kier alpha value is -4.25. The van der Waals surface area contributed by atoms with E-state index in [-0.39, 0.29) is 23.4 Å². The van der Waals surface area contributed by atoms with Crippen LogP contribution in [0.25, 0.3) is 6.08 Å². The molecule has 0 spiro atoms. The van der Waals surface area contributed by atoms with Crippen molar-refractivity contribution in [2.45, 2.75) is 39.7 Å². The highest BCUT2D eigenvalue weighted by molar-refractivity contribution is 7.07. The number of non-ortho nitro benzene ring substituents is 1. The minimum atomic E-state index is -0.822. The fourth-order valence-electron chi connectivity index (χ4n) is 5.43. The van der Waals surface area contributed by atoms with Gasteiger partial charge in [0.05, 0.1) is 34.4 Å². The molecule has 3 aromatic rings. The van der Waals surface area contributed by atoms with Crippen molar-refractivity contribution in [3.63, 3.8) is 0 Å². The zero-order valence-electron chi connectivity index (χ0n) is 23.5. The van der Waals surface area contributed by atoms with Gasteiger partial charge in [-0.2, -0.15) is 0 Å². The summed E-state index contributed by atoms with van der Waals surface area (Å²) in [4.78, 5) is 45.8. The zero-order chi connectivity index (χ0) is 29.3. The molecule has 1 fully saturated rings. The minimum absolute atomic E-state index is 0.0505. The Morgan fingerprint density at radius 3 is 2.63 bits per heavy atom. The fourth-order valence-corrected chi connectivity index (χ4v) is 6.47. The number of nitro groups is 1. The van der Waals surface area contributed by atoms with E-state index in [2.05, 4.69) is 16.8 Å². The van der Waals surface area contributed by atoms with E-state index < -0.39 is 16.9 Å². The first-order valence-corrected chi connectivity index (χ1v) is 14.4. The lowest BCUT2D eigenvalue weighted by molar-refractivity contribution is -0.384. The van der Waals surface area contributed by atoms with Crippen LogP contribution in [0.1, 0.15) is 50.8 Å². The summed E-state index contributed by atoms with van der Waals surface area (Å²) < 4.78 is 12.8. The van der Waals surface area contributed by atoms with E-state index in [1.54, 1.807) is 32.1 Å². The number of aromatic nitrogens is 1. The third-order valence-electron chi connectivity index (χ3n) is 7.58. The van der Waals surface area contributed by atoms with Crippen LogP contribution in [0, 0.1) is 16.0 Å². The quantitative estimate of drug-likeness (QED) is 0.238. The molecule has 2 aromatic carbocycles. The maximum absolute atomic E-state index is 14.1. The molecule has 11 heteroatoms. The summed E-state index contributed by atoms with van der Waals surface area (Å²) in [5, 5.41) is 11.7. The van der Waals surface area contributed by atoms with Crippen molar-refractivity contribution in [3.05, 3.63) is 94.7 Å². The first-order chi connectivity index (χ1) is 19.7. The van der Waals surface area contributed by atoms with Crippen LogP contribution in [0.2, 0.25) is 0 Å². The number of hydrogen-bond acceptors (Lipinski definition) is 9. The third-order valence-corrected chi connectivity index (χ3v) is 8.57. The van der Waals surface area contributed by atoms with Crippen LogP contribution in [-0.4, -0.2) is 42.3 Å². The molecule has 0 amide bonds. The number of ether oxygens (including phenoxy) is 2. The van der Waals surface area contributed by atoms with Crippen molar-refractivity contribution >= 4 is 34.8 Å². The van der Waals surface area contributed by atoms with Gasteiger partial charge >= 0.3 is 5.97 Å². The molecule has 0 saturated carbocycles. The second kappa shape index (κ2) is 11.7. The van der Waals surface area contributed by atoms with E-state index in [9.17, 15) is 19.7 Å². The molecule has 0 bridgehead atoms. The van der Waals surface area contributed by atoms with E-state index in [0.29, 0.717) is 37.8 Å². The fraction of sp³-hybridized carbons (Fsp3) is 0.367. The summed E-state index contributed by atoms with van der Waals surface area (Å²) in [6.45, 7) is 7.50. The molecular weight excluding hydrogens is 544 g/mol. The van der Waals surface area contributed by atoms with Crippen molar-refractivity contribution in [2.75, 3.05) is 31.7 Å². The summed E-state index contributed by atoms with van der Waals surface area (Å²) in [6.07, 6.45) is 3.74. The van der Waals surface area contributed by atoms with Gasteiger partial charge in [0, 0.05) is 42.0 Å². The molecular formula is C30H32N4O6S. The molecule has 0 aliphatic carbocycles. The molecule has 3 heterocycles. The maximum atomic E-state index is 14.1. The number of rotatable bonds is 7. The van der Waals surface area contributed by atoms with Gasteiger partial charge in [-0.25, -0.2) is 9.79 Å². The molecule has 1 aromatic heterocycles. The van der Waals surface area contributed by atoms with Crippen molar-refractivity contribution in [2.24, 2.45) is 10.9 Å². The number of benzene rings is 2. The van der Waals surface area contributed by atoms with Crippen LogP contribution in [-0.2, 0) is 9.53 Å². The van der Waals surface area contributed by atoms with Crippen LogP contribution in [0.5, 0.6) is 5.75 Å². The third kappa shape index (κ3) is 5.41. The molecule has 0 unspecified atom stereocenters. The Labute approximate surface area is 241 Å². The lowest BCUT2D eigenvalue weighted by Crippen LogP contribution is -2.40. The summed E-state index contributed by atoms with van der Waals surface area (Å²) in [5.74, 6) is 0.575. The SMILES string of the molecule is CCOC(=O)C1=C(C)N=c2s/c(=C/c3cc([N+](=O)[O-])ccc3N3CCC(C)CC3)c(=O)n2[C@H]1c1ccccc1OC. The first-order valence-electron chi connectivity index (χ1n) is 13.6. The Bertz CT molecular complexity index is 1710. The standard InChI is InChI=1S/C30H32N4O6S/c1-5-40-29(36)26-19(3)31-30-33(27(26)22-8-6-7-9-24(22)39-4)28(35)25(41-30)17-20-16-21(34(37)38)10-11-23(20)32-14-12-18(2)13-15-32/h6-11,16-18,27H,5,12-15H2,1-4H3/b25-17+/t27-/m0/s1. The number of nitrogens with zero attached hydrogens (tertiary/aromatic N) is 4. The molecule has 214 valence electrons. The monoisotopic (exact) mass is 576 g/mol. The molecule has 2 aliphatic rings. The van der Waals surface area contributed by atoms with Gasteiger partial charge in [-0.15, -0.1) is 0 Å². The summed E-state index contributed by atoms with van der Waals surface area (Å²) in [5.41, 5.74) is 2.36. The number of allylic oxidation sites excluding steroid dienone is 1. The number of para-hydroxylation sites is 1. The smallest absolute Gasteiger partial charge is 0.338 e. The number of hydrogen-bond donors (Lipinski definition) is 0. The van der Waals surface area contributed by atoms with Crippen LogP contribution >= 0.6 is 11.3 Å². The number of piperidine rings is 1. The molecule has 5 rings (SSSR count). The van der Waals surface area contributed by atoms with E-state index in [4.69, 9.17) is 9.47 Å². The maximum Gasteiger partial charge on any atom is 0.338 e. The number of anilines is 1. The van der Waals surface area contributed by atoms with E-state index >= 15 is 0 Å². The van der Waals surface area contributed by atoms with Crippen LogP contribution in [0.15, 0.2) is 63.5 Å². The second-order valence-corrected chi connectivity index (χ2v) is 11.2. The predicted molar refractivity (Wildman–Crippen MR) is 157 cm³/mol. The number of nitro benzene ring substituents is 1. The summed E-state index contributed by atoms with van der Waals surface area (Å²) in [6, 6.07) is 11.2. The topological polar surface area (TPSA) is 116 Å². The molecule has 0 radical (unpaired) electrons. The zero-order valence-corrected chi connectivity index (χ0v) is 24.3. The number of methoxy groups -OCH3 is 1. The number of esters is 1. The Morgan fingerprint density at radius 2 is 1.95 bits per heavy atom. The van der Waals surface area contributed by atoms with Gasteiger partial charge in [-0.05, 0) is 50.8 Å². The van der Waals surface area contributed by atoms with Crippen molar-refractivity contribution < 1.29 is 19.2 Å². The average molecular weight is 577 g/mol. The van der Waals surface area contributed by atoms with E-state index in [1.165, 1.54) is 35.1 Å². The molecule has 2 aliphatic heterocycles. The van der Waals surface area contributed by atoms with Gasteiger partial charge < -0.3 is 14.4 Å². The van der Waals surface area contributed by atoms with Crippen LogP contribution in [0.3, 0.4) is 0 Å². The Morgan fingerprint density at radius 1 is 1.22 bits per heavy atom. The first kappa shape index (κ1) is 28.3. The average Bonchev–Trinajstić information content (AvgIpc) is 3.26. The van der Waals surface area contributed by atoms with Crippen molar-refractivity contribution in [1.82, 2.24) is 4.57 Å². The number of carbonyl (C=O) groups excluding carboxylic acids is 1. The Balaban J connectivity index is 1.72. The molecule has 0 N–H and O–H groups in total. The highest BCUT2D eigenvalue weighted by Gasteiger charge is 2.35. The van der Waals surface area contributed by atoms with Gasteiger partial charge in [0.15, 0.2) is 4.80 Å². The molecule has 10 nitrogen and oxygen atoms in total. The second-order valence-electron chi connectivity index (χ2n) is 10.2. The number of thiazole rings is 1. The molecule has 1 atom stereocenters. The molecule has 41 heavy (non-hydrogen) atoms. The number of fused-ring (bicyclic) bond motifs is 1. The van der Waals surface area contributed by atoms with Gasteiger partial charge in [0.25, 0.3) is 11.2 Å². The van der Waals surface area contributed by atoms with Gasteiger partial charge in [-0.3, -0.25) is 19.5 Å². The van der Waals surface area contributed by atoms with Crippen LogP contribution in [0.4, 0.5) is 11.4 Å². The van der Waals surface area contributed by atoms with Gasteiger partial charge in [0.2, 0.25) is 0 Å². The minimum Gasteiger partial charge on any atom is -0.496 e. The predicted octanol–water partition coefficient (Wildman–Crippen LogP) is 3.95. The lowest BCUT2D eigenvalue weighted by atomic mass is 9.95. The summed E-state index contributed by atoms with van der Waals surface area (Å²) >= 11 is 1.18. The van der Waals surface area contributed by atoms with Gasteiger partial charge in [0.1, 0.15) is 11.8 Å². The van der Waals surface area contributed by atoms with E-state index in [0.717, 1.165) is 31.6 Å². The summed E-state index contributed by atoms with van der Waals surface area (Å²) in [7, 11) is 1.54. The highest BCUT2D eigenvalue weighted by Crippen LogP contribution is 2.36. The molecule has 1 saturated heterocycles. The normalized spacial score (nSPS) is 17.7. The highest BCUT2D eigenvalue weighted by atomic mass is 32.1. The van der Waals surface area contributed by atoms with Crippen molar-refractivity contribution in [3.8, 4) is 5.75 Å². The lowest BCUT2D eigenvalue weighted by Gasteiger charge is -2.33.